The number of amides is 1. The van der Waals surface area contributed by atoms with Gasteiger partial charge in [0.1, 0.15) is 22.8 Å². The minimum absolute atomic E-state index is 0.00184. The van der Waals surface area contributed by atoms with Crippen molar-refractivity contribution in [1.29, 1.82) is 0 Å². The highest BCUT2D eigenvalue weighted by atomic mass is 16.3. The molecule has 0 aromatic heterocycles. The molecule has 11 heteroatoms. The second kappa shape index (κ2) is 8.99. The fourth-order valence-corrected chi connectivity index (χ4v) is 5.65. The Morgan fingerprint density at radius 2 is 1.69 bits per heavy atom. The van der Waals surface area contributed by atoms with Crippen LogP contribution in [0.3, 0.4) is 0 Å². The van der Waals surface area contributed by atoms with E-state index in [4.69, 9.17) is 10.8 Å². The Morgan fingerprint density at radius 3 is 2.20 bits per heavy atom. The van der Waals surface area contributed by atoms with E-state index in [-0.39, 0.29) is 29.7 Å². The van der Waals surface area contributed by atoms with Crippen LogP contribution >= 0.6 is 0 Å². The molecule has 0 radical (unpaired) electrons. The van der Waals surface area contributed by atoms with Crippen LogP contribution < -0.4 is 10.6 Å². The first-order chi connectivity index (χ1) is 16.3. The van der Waals surface area contributed by atoms with E-state index < -0.39 is 58.0 Å². The number of benzene rings is 1. The molecular weight excluding hydrogens is 458 g/mol. The van der Waals surface area contributed by atoms with Gasteiger partial charge in [0, 0.05) is 38.4 Å². The van der Waals surface area contributed by atoms with Crippen LogP contribution in [0, 0.1) is 11.8 Å². The highest BCUT2D eigenvalue weighted by molar-refractivity contribution is 6.24. The number of nitrogens with two attached hydrogens (primary N) is 1. The van der Waals surface area contributed by atoms with E-state index in [0.29, 0.717) is 5.56 Å². The zero-order valence-electron chi connectivity index (χ0n) is 20.2. The van der Waals surface area contributed by atoms with Gasteiger partial charge in [0.15, 0.2) is 11.4 Å². The molecule has 11 nitrogen and oxygen atoms in total. The van der Waals surface area contributed by atoms with Crippen LogP contribution in [0.2, 0.25) is 0 Å². The van der Waals surface area contributed by atoms with Crippen LogP contribution in [0.5, 0.6) is 5.75 Å². The van der Waals surface area contributed by atoms with E-state index in [0.717, 1.165) is 12.8 Å². The molecule has 3 aliphatic rings. The molecule has 4 atom stereocenters. The fraction of sp³-hybridized carbons (Fsp3) is 0.458. The summed E-state index contributed by atoms with van der Waals surface area (Å²) in [6, 6.07) is 2.06. The van der Waals surface area contributed by atoms with Crippen molar-refractivity contribution in [3.8, 4) is 5.75 Å². The monoisotopic (exact) mass is 489 g/mol. The Morgan fingerprint density at radius 1 is 1.09 bits per heavy atom. The largest absolute Gasteiger partial charge is 0.510 e. The molecule has 7 N–H and O–H groups in total. The molecule has 1 aromatic rings. The number of phenolic OH excluding ortho intramolecular Hbond substituents is 1. The fourth-order valence-electron chi connectivity index (χ4n) is 5.65. The van der Waals surface area contributed by atoms with E-state index in [1.54, 1.807) is 39.2 Å². The van der Waals surface area contributed by atoms with Crippen LogP contribution in [0.15, 0.2) is 34.8 Å². The number of aliphatic hydroxyl groups excluding tert-OH is 3. The molecule has 0 fully saturated rings. The van der Waals surface area contributed by atoms with Crippen LogP contribution in [0.4, 0.5) is 5.69 Å². The number of hydrogen-bond donors (Lipinski definition) is 6. The Hall–Kier alpha value is -3.41. The predicted molar refractivity (Wildman–Crippen MR) is 126 cm³/mol. The van der Waals surface area contributed by atoms with Gasteiger partial charge in [-0.1, -0.05) is 0 Å². The molecule has 3 aliphatic carbocycles. The van der Waals surface area contributed by atoms with Crippen molar-refractivity contribution in [3.63, 3.8) is 0 Å². The summed E-state index contributed by atoms with van der Waals surface area (Å²) in [7, 11) is 7.79. The number of nitrogens with zero attached hydrogens (tertiary/aromatic N) is 2. The summed E-state index contributed by atoms with van der Waals surface area (Å²) in [5, 5.41) is 50.9. The van der Waals surface area contributed by atoms with E-state index >= 15 is 0 Å². The van der Waals surface area contributed by atoms with Crippen molar-refractivity contribution < 1.29 is 39.9 Å². The molecule has 0 heterocycles. The third-order valence-corrected chi connectivity index (χ3v) is 7.06. The minimum Gasteiger partial charge on any atom is -0.510 e. The number of rotatable bonds is 3. The first-order valence-electron chi connectivity index (χ1n) is 11.0. The second-order valence-electron chi connectivity index (χ2n) is 9.31. The number of hydrogen-bond acceptors (Lipinski definition) is 10. The molecule has 1 amide bonds. The van der Waals surface area contributed by atoms with Crippen LogP contribution in [0.25, 0.3) is 0 Å². The number of ketones is 2. The lowest BCUT2D eigenvalue weighted by Gasteiger charge is -2.50. The molecule has 35 heavy (non-hydrogen) atoms. The molecule has 1 aromatic carbocycles. The van der Waals surface area contributed by atoms with Gasteiger partial charge in [-0.05, 0) is 50.6 Å². The third-order valence-electron chi connectivity index (χ3n) is 7.06. The summed E-state index contributed by atoms with van der Waals surface area (Å²) >= 11 is 0. The topological polar surface area (TPSA) is 185 Å². The number of phenols is 1. The number of carbonyl (C=O) groups excluding carboxylic acids is 3. The summed E-state index contributed by atoms with van der Waals surface area (Å²) in [6.07, 6.45) is 0.324. The zero-order valence-corrected chi connectivity index (χ0v) is 20.2. The average Bonchev–Trinajstić information content (AvgIpc) is 2.77. The zero-order chi connectivity index (χ0) is 26.6. The van der Waals surface area contributed by atoms with Gasteiger partial charge in [0.2, 0.25) is 5.78 Å². The maximum absolute atomic E-state index is 13.5. The van der Waals surface area contributed by atoms with Gasteiger partial charge in [0.25, 0.3) is 5.91 Å². The van der Waals surface area contributed by atoms with Crippen LogP contribution in [-0.2, 0) is 16.0 Å². The minimum atomic E-state index is -2.63. The van der Waals surface area contributed by atoms with Crippen molar-refractivity contribution >= 4 is 23.2 Å². The number of anilines is 1. The summed E-state index contributed by atoms with van der Waals surface area (Å²) in [4.78, 5) is 42.0. The van der Waals surface area contributed by atoms with Gasteiger partial charge in [-0.2, -0.15) is 0 Å². The van der Waals surface area contributed by atoms with Gasteiger partial charge in [-0.3, -0.25) is 19.3 Å². The Labute approximate surface area is 202 Å². The van der Waals surface area contributed by atoms with Crippen molar-refractivity contribution in [3.05, 3.63) is 45.9 Å². The quantitative estimate of drug-likeness (QED) is 0.311. The molecule has 4 rings (SSSR count). The summed E-state index contributed by atoms with van der Waals surface area (Å²) < 4.78 is 0. The number of Topliss-reactive ketones (excluding diaryl/α,β-unsaturated/α-hetero) is 2. The molecule has 190 valence electrons. The maximum atomic E-state index is 13.5. The number of aliphatic hydroxyl groups is 4. The summed E-state index contributed by atoms with van der Waals surface area (Å²) in [6.45, 7) is 0. The Kier molecular flexibility index (Phi) is 6.73. The van der Waals surface area contributed by atoms with Gasteiger partial charge < -0.3 is 36.2 Å². The summed E-state index contributed by atoms with van der Waals surface area (Å²) in [5.41, 5.74) is 3.02. The van der Waals surface area contributed by atoms with Gasteiger partial charge in [-0.25, -0.2) is 0 Å². The molecule has 0 saturated carbocycles. The standard InChI is InChI=1S/C23H27N3O7.CH4O/c1-25(2)12-5-6-13(27)15-10(12)7-9-8-11-17(26(3)4)19(29)16(22(24)32)21(31)23(11,33)20(30)14(9)18(15)28;1-2/h5-6,9,11,17,27,29-30,33H,7-8H2,1-4H3,(H2,24,32);2H,1H3/t9-,11-,17-,23-;/m0./s1. The van der Waals surface area contributed by atoms with E-state index in [9.17, 15) is 34.8 Å². The maximum Gasteiger partial charge on any atom is 0.255 e. The Balaban J connectivity index is 0.00000167. The number of aromatic hydroxyl groups is 1. The van der Waals surface area contributed by atoms with E-state index in [2.05, 4.69) is 0 Å². The molecule has 0 spiro atoms. The lowest BCUT2D eigenvalue weighted by atomic mass is 9.58. The van der Waals surface area contributed by atoms with Crippen LogP contribution in [0.1, 0.15) is 22.3 Å². The molecular formula is C24H31N3O8. The lowest BCUT2D eigenvalue weighted by molar-refractivity contribution is -0.148. The molecule has 0 unspecified atom stereocenters. The number of fused-ring (bicyclic) bond motifs is 3. The number of carbonyl (C=O) groups is 3. The van der Waals surface area contributed by atoms with Gasteiger partial charge in [0.05, 0.1) is 11.6 Å². The lowest BCUT2D eigenvalue weighted by Crippen LogP contribution is -2.63. The van der Waals surface area contributed by atoms with E-state index in [1.807, 2.05) is 0 Å². The van der Waals surface area contributed by atoms with Crippen molar-refractivity contribution in [2.75, 3.05) is 40.2 Å². The highest BCUT2D eigenvalue weighted by Crippen LogP contribution is 2.52. The Bertz CT molecular complexity index is 1170. The molecule has 0 bridgehead atoms. The SMILES string of the molecule is CN(C)c1ccc(O)c2c1C[C@H]1C[C@H]3[C@H](N(C)C)C(O)=C(C(N)=O)C(=O)[C@@]3(O)C(O)=C1C2=O.CO. The van der Waals surface area contributed by atoms with Crippen molar-refractivity contribution in [2.24, 2.45) is 17.6 Å². The van der Waals surface area contributed by atoms with Gasteiger partial charge >= 0.3 is 0 Å². The number of allylic oxidation sites excluding steroid dienone is 1. The van der Waals surface area contributed by atoms with E-state index in [1.165, 1.54) is 11.0 Å². The smallest absolute Gasteiger partial charge is 0.255 e. The molecule has 0 saturated heterocycles. The molecule has 0 aliphatic heterocycles. The normalized spacial score (nSPS) is 27.6. The van der Waals surface area contributed by atoms with Crippen molar-refractivity contribution in [2.45, 2.75) is 24.5 Å². The summed E-state index contributed by atoms with van der Waals surface area (Å²) in [5.74, 6) is -6.53. The predicted octanol–water partition coefficient (Wildman–Crippen LogP) is -0.205. The first kappa shape index (κ1) is 26.2. The number of likely N-dealkylation sites (N-methyl/N-ethyl adjacent to an activating group) is 1. The third kappa shape index (κ3) is 3.58. The van der Waals surface area contributed by atoms with Crippen LogP contribution in [-0.4, -0.2) is 94.8 Å². The first-order valence-corrected chi connectivity index (χ1v) is 11.0. The van der Waals surface area contributed by atoms with Gasteiger partial charge in [-0.15, -0.1) is 0 Å². The average molecular weight is 490 g/mol. The number of primary amides is 1. The second-order valence-corrected chi connectivity index (χ2v) is 9.31. The van der Waals surface area contributed by atoms with Crippen molar-refractivity contribution in [1.82, 2.24) is 4.90 Å². The highest BCUT2D eigenvalue weighted by Gasteiger charge is 2.63.